The second kappa shape index (κ2) is 3.76. The summed E-state index contributed by atoms with van der Waals surface area (Å²) in [7, 11) is 0. The number of rotatable bonds is 3. The molecule has 3 nitrogen and oxygen atoms in total. The van der Waals surface area contributed by atoms with Crippen LogP contribution < -0.4 is 5.73 Å². The third-order valence-corrected chi connectivity index (χ3v) is 1.57. The molecule has 1 aromatic carbocycles. The molecule has 64 valence electrons. The Morgan fingerprint density at radius 2 is 2.25 bits per heavy atom. The van der Waals surface area contributed by atoms with Gasteiger partial charge in [0.1, 0.15) is 5.75 Å². The number of carbonyl (C=O) groups excluding carboxylic acids is 1. The number of hydrogen-bond donors (Lipinski definition) is 2. The highest BCUT2D eigenvalue weighted by atomic mass is 16.3. The molecule has 12 heavy (non-hydrogen) atoms. The zero-order chi connectivity index (χ0) is 8.97. The summed E-state index contributed by atoms with van der Waals surface area (Å²) in [5.74, 6) is -0.102. The van der Waals surface area contributed by atoms with E-state index in [-0.39, 0.29) is 11.7 Å². The number of hydrogen-bond acceptors (Lipinski definition) is 2. The van der Waals surface area contributed by atoms with Gasteiger partial charge in [0.05, 0.1) is 0 Å². The molecule has 0 fully saturated rings. The van der Waals surface area contributed by atoms with E-state index in [0.717, 1.165) is 5.56 Å². The molecule has 0 radical (unpaired) electrons. The molecule has 1 amide bonds. The predicted octanol–water partition coefficient (Wildman–Crippen LogP) is 0.810. The standard InChI is InChI=1S/C9H11NO2/c10-9(12)5-4-7-2-1-3-8(11)6-7/h1-3,6,11H,4-5H2,(H2,10,12). The Bertz CT molecular complexity index is 284. The van der Waals surface area contributed by atoms with Gasteiger partial charge in [0.2, 0.25) is 5.91 Å². The summed E-state index contributed by atoms with van der Waals surface area (Å²) in [6.45, 7) is 0. The van der Waals surface area contributed by atoms with Gasteiger partial charge >= 0.3 is 0 Å². The van der Waals surface area contributed by atoms with Gasteiger partial charge in [-0.25, -0.2) is 0 Å². The third kappa shape index (κ3) is 2.62. The van der Waals surface area contributed by atoms with Crippen molar-refractivity contribution in [1.82, 2.24) is 0 Å². The smallest absolute Gasteiger partial charge is 0.217 e. The Balaban J connectivity index is 2.57. The molecule has 0 aliphatic heterocycles. The molecule has 0 aliphatic carbocycles. The lowest BCUT2D eigenvalue weighted by atomic mass is 10.1. The van der Waals surface area contributed by atoms with Gasteiger partial charge in [-0.05, 0) is 24.1 Å². The van der Waals surface area contributed by atoms with Gasteiger partial charge in [-0.2, -0.15) is 0 Å². The summed E-state index contributed by atoms with van der Waals surface area (Å²) >= 11 is 0. The monoisotopic (exact) mass is 165 g/mol. The lowest BCUT2D eigenvalue weighted by Crippen LogP contribution is -2.11. The summed E-state index contributed by atoms with van der Waals surface area (Å²) in [5.41, 5.74) is 5.90. The van der Waals surface area contributed by atoms with Gasteiger partial charge in [0, 0.05) is 6.42 Å². The van der Waals surface area contributed by atoms with Crippen LogP contribution in [0.5, 0.6) is 5.75 Å². The van der Waals surface area contributed by atoms with Gasteiger partial charge in [0.25, 0.3) is 0 Å². The first-order valence-corrected chi connectivity index (χ1v) is 3.74. The van der Waals surface area contributed by atoms with Crippen LogP contribution in [0.15, 0.2) is 24.3 Å². The van der Waals surface area contributed by atoms with E-state index in [1.807, 2.05) is 6.07 Å². The molecule has 0 spiro atoms. The Hall–Kier alpha value is -1.51. The molecular weight excluding hydrogens is 154 g/mol. The average molecular weight is 165 g/mol. The summed E-state index contributed by atoms with van der Waals surface area (Å²) in [5, 5.41) is 9.06. The fraction of sp³-hybridized carbons (Fsp3) is 0.222. The molecule has 0 saturated heterocycles. The van der Waals surface area contributed by atoms with Gasteiger partial charge in [-0.1, -0.05) is 12.1 Å². The molecule has 1 rings (SSSR count). The maximum atomic E-state index is 10.4. The van der Waals surface area contributed by atoms with Crippen molar-refractivity contribution >= 4 is 5.91 Å². The van der Waals surface area contributed by atoms with Crippen LogP contribution in [0.4, 0.5) is 0 Å². The van der Waals surface area contributed by atoms with Crippen molar-refractivity contribution in [2.24, 2.45) is 5.73 Å². The molecule has 0 unspecified atom stereocenters. The quantitative estimate of drug-likeness (QED) is 0.696. The van der Waals surface area contributed by atoms with Crippen LogP contribution in [0.2, 0.25) is 0 Å². The van der Waals surface area contributed by atoms with Crippen LogP contribution in [-0.4, -0.2) is 11.0 Å². The van der Waals surface area contributed by atoms with Gasteiger partial charge in [0.15, 0.2) is 0 Å². The van der Waals surface area contributed by atoms with E-state index in [9.17, 15) is 4.79 Å². The summed E-state index contributed by atoms with van der Waals surface area (Å²) in [4.78, 5) is 10.4. The number of amides is 1. The van der Waals surface area contributed by atoms with Crippen molar-refractivity contribution in [2.45, 2.75) is 12.8 Å². The van der Waals surface area contributed by atoms with E-state index < -0.39 is 0 Å². The molecule has 0 atom stereocenters. The Morgan fingerprint density at radius 1 is 1.50 bits per heavy atom. The maximum absolute atomic E-state index is 10.4. The van der Waals surface area contributed by atoms with E-state index in [4.69, 9.17) is 10.8 Å². The molecular formula is C9H11NO2. The Morgan fingerprint density at radius 3 is 2.83 bits per heavy atom. The minimum absolute atomic E-state index is 0.219. The van der Waals surface area contributed by atoms with E-state index in [1.165, 1.54) is 0 Å². The number of phenolic OH excluding ortho intramolecular Hbond substituents is 1. The highest BCUT2D eigenvalue weighted by Crippen LogP contribution is 2.11. The van der Waals surface area contributed by atoms with Crippen LogP contribution >= 0.6 is 0 Å². The number of aromatic hydroxyl groups is 1. The first-order valence-electron chi connectivity index (χ1n) is 3.74. The zero-order valence-electron chi connectivity index (χ0n) is 6.66. The minimum atomic E-state index is -0.321. The summed E-state index contributed by atoms with van der Waals surface area (Å²) in [6.07, 6.45) is 0.910. The van der Waals surface area contributed by atoms with Crippen LogP contribution in [-0.2, 0) is 11.2 Å². The van der Waals surface area contributed by atoms with Crippen molar-refractivity contribution in [2.75, 3.05) is 0 Å². The fourth-order valence-electron chi connectivity index (χ4n) is 0.980. The van der Waals surface area contributed by atoms with Crippen molar-refractivity contribution in [3.8, 4) is 5.75 Å². The van der Waals surface area contributed by atoms with Gasteiger partial charge in [-0.3, -0.25) is 4.79 Å². The molecule has 0 aliphatic rings. The second-order valence-corrected chi connectivity index (χ2v) is 2.64. The van der Waals surface area contributed by atoms with Crippen molar-refractivity contribution in [1.29, 1.82) is 0 Å². The number of nitrogens with two attached hydrogens (primary N) is 1. The van der Waals surface area contributed by atoms with Crippen LogP contribution in [0.25, 0.3) is 0 Å². The van der Waals surface area contributed by atoms with Crippen LogP contribution in [0.1, 0.15) is 12.0 Å². The first-order chi connectivity index (χ1) is 5.68. The molecule has 3 heteroatoms. The molecule has 3 N–H and O–H groups in total. The number of benzene rings is 1. The first kappa shape index (κ1) is 8.59. The van der Waals surface area contributed by atoms with E-state index in [0.29, 0.717) is 12.8 Å². The summed E-state index contributed by atoms with van der Waals surface area (Å²) < 4.78 is 0. The molecule has 0 bridgehead atoms. The SMILES string of the molecule is NC(=O)CCc1cccc(O)c1. The normalized spacial score (nSPS) is 9.67. The fourth-order valence-corrected chi connectivity index (χ4v) is 0.980. The van der Waals surface area contributed by atoms with E-state index >= 15 is 0 Å². The maximum Gasteiger partial charge on any atom is 0.217 e. The lowest BCUT2D eigenvalue weighted by Gasteiger charge is -1.98. The van der Waals surface area contributed by atoms with Gasteiger partial charge < -0.3 is 10.8 Å². The Kier molecular flexibility index (Phi) is 2.69. The Labute approximate surface area is 70.8 Å². The highest BCUT2D eigenvalue weighted by Gasteiger charge is 1.97. The second-order valence-electron chi connectivity index (χ2n) is 2.64. The van der Waals surface area contributed by atoms with Gasteiger partial charge in [-0.15, -0.1) is 0 Å². The molecule has 0 saturated carbocycles. The average Bonchev–Trinajstić information content (AvgIpc) is 2.01. The summed E-state index contributed by atoms with van der Waals surface area (Å²) in [6, 6.07) is 6.81. The topological polar surface area (TPSA) is 63.3 Å². The zero-order valence-corrected chi connectivity index (χ0v) is 6.66. The van der Waals surface area contributed by atoms with E-state index in [2.05, 4.69) is 0 Å². The number of carbonyl (C=O) groups is 1. The molecule has 0 heterocycles. The van der Waals surface area contributed by atoms with Crippen LogP contribution in [0.3, 0.4) is 0 Å². The van der Waals surface area contributed by atoms with Crippen molar-refractivity contribution in [3.63, 3.8) is 0 Å². The van der Waals surface area contributed by atoms with Crippen molar-refractivity contribution in [3.05, 3.63) is 29.8 Å². The molecule has 1 aromatic rings. The number of primary amides is 1. The third-order valence-electron chi connectivity index (χ3n) is 1.57. The predicted molar refractivity (Wildman–Crippen MR) is 45.6 cm³/mol. The van der Waals surface area contributed by atoms with Crippen molar-refractivity contribution < 1.29 is 9.90 Å². The lowest BCUT2D eigenvalue weighted by molar-refractivity contribution is -0.117. The largest absolute Gasteiger partial charge is 0.508 e. The molecule has 0 aromatic heterocycles. The van der Waals surface area contributed by atoms with Crippen LogP contribution in [0, 0.1) is 0 Å². The number of phenols is 1. The van der Waals surface area contributed by atoms with E-state index in [1.54, 1.807) is 18.2 Å². The minimum Gasteiger partial charge on any atom is -0.508 e. The highest BCUT2D eigenvalue weighted by molar-refractivity contribution is 5.74. The number of aryl methyl sites for hydroxylation is 1.